The average molecular weight is 260 g/mol. The lowest BCUT2D eigenvalue weighted by Crippen LogP contribution is -2.15. The summed E-state index contributed by atoms with van der Waals surface area (Å²) in [6, 6.07) is 12.7. The van der Waals surface area contributed by atoms with Gasteiger partial charge in [0.05, 0.1) is 12.1 Å². The Balaban J connectivity index is 2.51. The normalized spacial score (nSPS) is 24.8. The summed E-state index contributed by atoms with van der Waals surface area (Å²) >= 11 is 0. The van der Waals surface area contributed by atoms with Gasteiger partial charge in [-0.05, 0) is 5.56 Å². The van der Waals surface area contributed by atoms with Gasteiger partial charge in [0.25, 0.3) is 0 Å². The Morgan fingerprint density at radius 3 is 2.22 bits per heavy atom. The average Bonchev–Trinajstić information content (AvgIpc) is 3.10. The topological polar surface area (TPSA) is 81.7 Å². The molecule has 0 heterocycles. The van der Waals surface area contributed by atoms with Crippen LogP contribution in [0.5, 0.6) is 0 Å². The fourth-order valence-electron chi connectivity index (χ4n) is 2.42. The second kappa shape index (κ2) is 4.12. The van der Waals surface area contributed by atoms with Gasteiger partial charge < -0.3 is 0 Å². The molecule has 0 N–H and O–H groups in total. The molecule has 0 saturated heterocycles. The van der Waals surface area contributed by atoms with Crippen molar-refractivity contribution in [3.05, 3.63) is 35.9 Å². The van der Waals surface area contributed by atoms with Crippen LogP contribution in [0, 0.1) is 28.1 Å². The van der Waals surface area contributed by atoms with Crippen molar-refractivity contribution in [3.63, 3.8) is 0 Å². The highest BCUT2D eigenvalue weighted by Crippen LogP contribution is 2.62. The molecule has 1 saturated carbocycles. The van der Waals surface area contributed by atoms with E-state index in [9.17, 15) is 18.9 Å². The van der Waals surface area contributed by atoms with E-state index in [4.69, 9.17) is 0 Å². The summed E-state index contributed by atoms with van der Waals surface area (Å²) in [5, 5.41) is 17.5. The van der Waals surface area contributed by atoms with E-state index in [0.29, 0.717) is 0 Å². The first-order chi connectivity index (χ1) is 8.53. The maximum atomic E-state index is 12.0. The Kier molecular flexibility index (Phi) is 2.88. The molecule has 1 fully saturated rings. The molecule has 0 aliphatic heterocycles. The SMILES string of the molecule is CCS(=O)(=O)[C@H]1[C@@H](c2ccccc2)C1(C#N)C#N. The lowest BCUT2D eigenvalue weighted by molar-refractivity contribution is 0.592. The van der Waals surface area contributed by atoms with Crippen LogP contribution in [0.3, 0.4) is 0 Å². The van der Waals surface area contributed by atoms with Crippen molar-refractivity contribution in [1.29, 1.82) is 10.5 Å². The van der Waals surface area contributed by atoms with Crippen molar-refractivity contribution >= 4 is 9.84 Å². The molecule has 2 rings (SSSR count). The van der Waals surface area contributed by atoms with Gasteiger partial charge in [-0.3, -0.25) is 0 Å². The van der Waals surface area contributed by atoms with E-state index in [1.165, 1.54) is 6.92 Å². The van der Waals surface area contributed by atoms with Crippen LogP contribution in [0.15, 0.2) is 30.3 Å². The third-order valence-corrected chi connectivity index (χ3v) is 5.67. The molecule has 1 aliphatic carbocycles. The van der Waals surface area contributed by atoms with Crippen molar-refractivity contribution in [2.75, 3.05) is 5.75 Å². The van der Waals surface area contributed by atoms with Crippen LogP contribution in [0.25, 0.3) is 0 Å². The minimum atomic E-state index is -3.40. The van der Waals surface area contributed by atoms with Crippen molar-refractivity contribution in [2.45, 2.75) is 18.1 Å². The van der Waals surface area contributed by atoms with E-state index in [1.54, 1.807) is 24.3 Å². The highest BCUT2D eigenvalue weighted by molar-refractivity contribution is 7.92. The number of nitriles is 2. The second-order valence-corrected chi connectivity index (χ2v) is 6.76. The molecule has 4 nitrogen and oxygen atoms in total. The molecule has 0 amide bonds. The number of hydrogen-bond donors (Lipinski definition) is 0. The number of nitrogens with zero attached hydrogens (tertiary/aromatic N) is 2. The lowest BCUT2D eigenvalue weighted by Gasteiger charge is -1.98. The zero-order chi connectivity index (χ0) is 13.4. The van der Waals surface area contributed by atoms with Crippen LogP contribution in [0.1, 0.15) is 18.4 Å². The molecule has 92 valence electrons. The summed E-state index contributed by atoms with van der Waals surface area (Å²) < 4.78 is 24.0. The van der Waals surface area contributed by atoms with Gasteiger partial charge in [-0.25, -0.2) is 8.42 Å². The summed E-state index contributed by atoms with van der Waals surface area (Å²) in [4.78, 5) is 0. The van der Waals surface area contributed by atoms with Gasteiger partial charge in [-0.1, -0.05) is 37.3 Å². The largest absolute Gasteiger partial charge is 0.228 e. The van der Waals surface area contributed by atoms with Crippen LogP contribution >= 0.6 is 0 Å². The summed E-state index contributed by atoms with van der Waals surface area (Å²) in [7, 11) is -3.40. The van der Waals surface area contributed by atoms with Crippen LogP contribution in [0.4, 0.5) is 0 Å². The van der Waals surface area contributed by atoms with Gasteiger partial charge >= 0.3 is 0 Å². The van der Waals surface area contributed by atoms with Gasteiger partial charge in [-0.15, -0.1) is 0 Å². The van der Waals surface area contributed by atoms with E-state index in [1.807, 2.05) is 18.2 Å². The number of hydrogen-bond acceptors (Lipinski definition) is 4. The fourth-order valence-corrected chi connectivity index (χ4v) is 4.30. The fraction of sp³-hybridized carbons (Fsp3) is 0.385. The highest BCUT2D eigenvalue weighted by Gasteiger charge is 2.72. The summed E-state index contributed by atoms with van der Waals surface area (Å²) in [5.41, 5.74) is -0.682. The molecule has 0 bridgehead atoms. The zero-order valence-corrected chi connectivity index (χ0v) is 10.7. The molecule has 2 atom stereocenters. The molecule has 1 aromatic rings. The van der Waals surface area contributed by atoms with Crippen LogP contribution in [-0.4, -0.2) is 19.4 Å². The van der Waals surface area contributed by atoms with Crippen LogP contribution in [0.2, 0.25) is 0 Å². The molecular formula is C13H12N2O2S. The molecule has 0 unspecified atom stereocenters. The number of sulfone groups is 1. The number of rotatable bonds is 3. The molecular weight excluding hydrogens is 248 g/mol. The lowest BCUT2D eigenvalue weighted by atomic mass is 10.0. The Bertz CT molecular complexity index is 624. The Hall–Kier alpha value is -1.85. The van der Waals surface area contributed by atoms with Gasteiger partial charge in [0.15, 0.2) is 15.3 Å². The third-order valence-electron chi connectivity index (χ3n) is 3.45. The van der Waals surface area contributed by atoms with Gasteiger partial charge in [0.2, 0.25) is 0 Å². The summed E-state index contributed by atoms with van der Waals surface area (Å²) in [6.07, 6.45) is 0. The van der Waals surface area contributed by atoms with Crippen LogP contribution < -0.4 is 0 Å². The molecule has 0 spiro atoms. The van der Waals surface area contributed by atoms with Crippen molar-refractivity contribution < 1.29 is 8.42 Å². The first-order valence-corrected chi connectivity index (χ1v) is 7.34. The smallest absolute Gasteiger partial charge is 0.169 e. The van der Waals surface area contributed by atoms with Crippen molar-refractivity contribution in [3.8, 4) is 12.1 Å². The predicted molar refractivity (Wildman–Crippen MR) is 66.1 cm³/mol. The quantitative estimate of drug-likeness (QED) is 0.826. The molecule has 1 aromatic carbocycles. The van der Waals surface area contributed by atoms with E-state index >= 15 is 0 Å². The van der Waals surface area contributed by atoms with Gasteiger partial charge in [0, 0.05) is 11.7 Å². The molecule has 0 radical (unpaired) electrons. The van der Waals surface area contributed by atoms with Crippen molar-refractivity contribution in [1.82, 2.24) is 0 Å². The molecule has 18 heavy (non-hydrogen) atoms. The van der Waals surface area contributed by atoms with Gasteiger partial charge in [0.1, 0.15) is 5.25 Å². The maximum absolute atomic E-state index is 12.0. The minimum absolute atomic E-state index is 0.0495. The van der Waals surface area contributed by atoms with E-state index in [0.717, 1.165) is 5.56 Å². The Labute approximate surface area is 106 Å². The molecule has 0 aromatic heterocycles. The summed E-state index contributed by atoms with van der Waals surface area (Å²) in [6.45, 7) is 1.54. The number of benzene rings is 1. The third kappa shape index (κ3) is 1.60. The van der Waals surface area contributed by atoms with Gasteiger partial charge in [-0.2, -0.15) is 10.5 Å². The van der Waals surface area contributed by atoms with E-state index in [2.05, 4.69) is 0 Å². The second-order valence-electron chi connectivity index (χ2n) is 4.35. The highest BCUT2D eigenvalue weighted by atomic mass is 32.2. The Morgan fingerprint density at radius 1 is 1.22 bits per heavy atom. The maximum Gasteiger partial charge on any atom is 0.169 e. The standard InChI is InChI=1S/C13H12N2O2S/c1-2-18(16,17)12-11(13(12,8-14)9-15)10-6-4-3-5-7-10/h3-7,11-12H,2H2,1H3/t11-,12+/m1/s1. The minimum Gasteiger partial charge on any atom is -0.228 e. The monoisotopic (exact) mass is 260 g/mol. The molecule has 5 heteroatoms. The van der Waals surface area contributed by atoms with E-state index < -0.39 is 26.4 Å². The summed E-state index contributed by atoms with van der Waals surface area (Å²) in [5.74, 6) is -0.579. The van der Waals surface area contributed by atoms with E-state index in [-0.39, 0.29) is 5.75 Å². The predicted octanol–water partition coefficient (Wildman–Crippen LogP) is 1.62. The van der Waals surface area contributed by atoms with Crippen molar-refractivity contribution in [2.24, 2.45) is 5.41 Å². The first-order valence-electron chi connectivity index (χ1n) is 5.62. The zero-order valence-electron chi connectivity index (χ0n) is 9.87. The Morgan fingerprint density at radius 2 is 1.78 bits per heavy atom. The van der Waals surface area contributed by atoms with Crippen LogP contribution in [-0.2, 0) is 9.84 Å². The first kappa shape index (κ1) is 12.6. The molecule has 1 aliphatic rings.